The maximum Gasteiger partial charge on any atom is 0.0455 e. The van der Waals surface area contributed by atoms with Crippen molar-refractivity contribution in [2.45, 2.75) is 39.7 Å². The van der Waals surface area contributed by atoms with Gasteiger partial charge in [-0.3, -0.25) is 0 Å². The molecule has 0 unspecified atom stereocenters. The number of aryl methyl sites for hydroxylation is 1. The first-order valence-corrected chi connectivity index (χ1v) is 7.33. The monoisotopic (exact) mass is 287 g/mol. The van der Waals surface area contributed by atoms with E-state index in [9.17, 15) is 0 Å². The van der Waals surface area contributed by atoms with Gasteiger partial charge in [-0.25, -0.2) is 0 Å². The van der Waals surface area contributed by atoms with Crippen LogP contribution in [0.4, 0.5) is 5.69 Å². The van der Waals surface area contributed by atoms with Crippen LogP contribution < -0.4 is 5.32 Å². The zero-order valence-corrected chi connectivity index (χ0v) is 13.4. The lowest BCUT2D eigenvalue weighted by molar-refractivity contribution is 0.590. The average Bonchev–Trinajstić information content (AvgIpc) is 2.40. The minimum Gasteiger partial charge on any atom is -0.381 e. The Labute approximate surface area is 127 Å². The molecule has 1 nitrogen and oxygen atoms in total. The molecule has 0 saturated carbocycles. The minimum atomic E-state index is 0.205. The van der Waals surface area contributed by atoms with Gasteiger partial charge in [0.2, 0.25) is 0 Å². The van der Waals surface area contributed by atoms with Crippen molar-refractivity contribution in [3.05, 3.63) is 64.2 Å². The first kappa shape index (κ1) is 14.9. The molecule has 2 rings (SSSR count). The van der Waals surface area contributed by atoms with E-state index in [2.05, 4.69) is 56.4 Å². The quantitative estimate of drug-likeness (QED) is 0.779. The van der Waals surface area contributed by atoms with E-state index in [0.717, 1.165) is 22.8 Å². The molecule has 0 fully saturated rings. The van der Waals surface area contributed by atoms with Crippen molar-refractivity contribution < 1.29 is 0 Å². The fourth-order valence-electron chi connectivity index (χ4n) is 2.03. The SMILES string of the molecule is Cc1ccc(NCc2ccc(C(C)(C)C)cc2)cc1Cl. The van der Waals surface area contributed by atoms with Crippen molar-refractivity contribution in [3.8, 4) is 0 Å². The molecule has 0 radical (unpaired) electrons. The average molecular weight is 288 g/mol. The van der Waals surface area contributed by atoms with Crippen LogP contribution in [0.1, 0.15) is 37.5 Å². The normalized spacial score (nSPS) is 11.4. The molecule has 0 heterocycles. The van der Waals surface area contributed by atoms with Crippen LogP contribution in [0.15, 0.2) is 42.5 Å². The van der Waals surface area contributed by atoms with Gasteiger partial charge in [0.25, 0.3) is 0 Å². The predicted molar refractivity (Wildman–Crippen MR) is 88.7 cm³/mol. The van der Waals surface area contributed by atoms with Crippen LogP contribution in [-0.4, -0.2) is 0 Å². The Kier molecular flexibility index (Phi) is 4.39. The standard InChI is InChI=1S/C18H22ClN/c1-13-5-10-16(11-17(13)19)20-12-14-6-8-15(9-7-14)18(2,3)4/h5-11,20H,12H2,1-4H3. The molecule has 2 heteroatoms. The fraction of sp³-hybridized carbons (Fsp3) is 0.333. The third kappa shape index (κ3) is 3.77. The second kappa shape index (κ2) is 5.88. The van der Waals surface area contributed by atoms with E-state index >= 15 is 0 Å². The molecule has 0 amide bonds. The van der Waals surface area contributed by atoms with E-state index < -0.39 is 0 Å². The number of rotatable bonds is 3. The van der Waals surface area contributed by atoms with Crippen LogP contribution in [0.2, 0.25) is 5.02 Å². The van der Waals surface area contributed by atoms with E-state index in [1.165, 1.54) is 11.1 Å². The Morgan fingerprint density at radius 3 is 2.20 bits per heavy atom. The van der Waals surface area contributed by atoms with Crippen LogP contribution >= 0.6 is 11.6 Å². The third-order valence-corrected chi connectivity index (χ3v) is 3.90. The molecule has 2 aromatic carbocycles. The first-order valence-electron chi connectivity index (χ1n) is 6.96. The topological polar surface area (TPSA) is 12.0 Å². The van der Waals surface area contributed by atoms with Crippen molar-refractivity contribution in [1.29, 1.82) is 0 Å². The van der Waals surface area contributed by atoms with Gasteiger partial charge in [-0.05, 0) is 41.2 Å². The summed E-state index contributed by atoms with van der Waals surface area (Å²) in [6.45, 7) is 9.51. The Morgan fingerprint density at radius 2 is 1.65 bits per heavy atom. The van der Waals surface area contributed by atoms with Crippen molar-refractivity contribution in [3.63, 3.8) is 0 Å². The van der Waals surface area contributed by atoms with Gasteiger partial charge in [-0.2, -0.15) is 0 Å². The summed E-state index contributed by atoms with van der Waals surface area (Å²) in [6.07, 6.45) is 0. The molecule has 20 heavy (non-hydrogen) atoms. The second-order valence-corrected chi connectivity index (χ2v) is 6.67. The maximum atomic E-state index is 6.13. The molecule has 0 saturated heterocycles. The number of hydrogen-bond donors (Lipinski definition) is 1. The molecular weight excluding hydrogens is 266 g/mol. The summed E-state index contributed by atoms with van der Waals surface area (Å²) in [5.74, 6) is 0. The smallest absolute Gasteiger partial charge is 0.0455 e. The highest BCUT2D eigenvalue weighted by Crippen LogP contribution is 2.23. The molecule has 0 atom stereocenters. The lowest BCUT2D eigenvalue weighted by Gasteiger charge is -2.19. The Bertz CT molecular complexity index is 579. The lowest BCUT2D eigenvalue weighted by Crippen LogP contribution is -2.11. The number of benzene rings is 2. The molecule has 0 aliphatic carbocycles. The van der Waals surface area contributed by atoms with Gasteiger partial charge in [-0.15, -0.1) is 0 Å². The van der Waals surface area contributed by atoms with E-state index in [1.807, 2.05) is 19.1 Å². The van der Waals surface area contributed by atoms with E-state index in [1.54, 1.807) is 0 Å². The summed E-state index contributed by atoms with van der Waals surface area (Å²) in [5, 5.41) is 4.21. The van der Waals surface area contributed by atoms with Crippen molar-refractivity contribution in [2.24, 2.45) is 0 Å². The fourth-order valence-corrected chi connectivity index (χ4v) is 2.21. The van der Waals surface area contributed by atoms with Crippen molar-refractivity contribution in [1.82, 2.24) is 0 Å². The molecule has 0 aromatic heterocycles. The van der Waals surface area contributed by atoms with Crippen LogP contribution in [0.25, 0.3) is 0 Å². The highest BCUT2D eigenvalue weighted by atomic mass is 35.5. The minimum absolute atomic E-state index is 0.205. The molecular formula is C18H22ClN. The number of halogens is 1. The van der Waals surface area contributed by atoms with Gasteiger partial charge in [0.05, 0.1) is 0 Å². The van der Waals surface area contributed by atoms with Gasteiger partial charge >= 0.3 is 0 Å². The number of hydrogen-bond acceptors (Lipinski definition) is 1. The van der Waals surface area contributed by atoms with E-state index in [0.29, 0.717) is 0 Å². The Hall–Kier alpha value is -1.47. The van der Waals surface area contributed by atoms with Crippen LogP contribution in [0.3, 0.4) is 0 Å². The molecule has 2 aromatic rings. The van der Waals surface area contributed by atoms with Gasteiger partial charge in [0.1, 0.15) is 0 Å². The highest BCUT2D eigenvalue weighted by molar-refractivity contribution is 6.31. The molecule has 0 aliphatic heterocycles. The maximum absolute atomic E-state index is 6.13. The van der Waals surface area contributed by atoms with Gasteiger partial charge in [0, 0.05) is 17.3 Å². The Balaban J connectivity index is 2.02. The molecule has 106 valence electrons. The summed E-state index contributed by atoms with van der Waals surface area (Å²) in [6, 6.07) is 14.9. The van der Waals surface area contributed by atoms with E-state index in [4.69, 9.17) is 11.6 Å². The third-order valence-electron chi connectivity index (χ3n) is 3.49. The summed E-state index contributed by atoms with van der Waals surface area (Å²) in [5.41, 5.74) is 5.00. The first-order chi connectivity index (χ1) is 9.36. The molecule has 1 N–H and O–H groups in total. The van der Waals surface area contributed by atoms with Gasteiger partial charge in [0.15, 0.2) is 0 Å². The summed E-state index contributed by atoms with van der Waals surface area (Å²) < 4.78 is 0. The lowest BCUT2D eigenvalue weighted by atomic mass is 9.87. The van der Waals surface area contributed by atoms with Crippen LogP contribution in [0.5, 0.6) is 0 Å². The second-order valence-electron chi connectivity index (χ2n) is 6.26. The van der Waals surface area contributed by atoms with E-state index in [-0.39, 0.29) is 5.41 Å². The highest BCUT2D eigenvalue weighted by Gasteiger charge is 2.12. The van der Waals surface area contributed by atoms with Gasteiger partial charge < -0.3 is 5.32 Å². The zero-order valence-electron chi connectivity index (χ0n) is 12.6. The van der Waals surface area contributed by atoms with Crippen molar-refractivity contribution >= 4 is 17.3 Å². The van der Waals surface area contributed by atoms with Gasteiger partial charge in [-0.1, -0.05) is 62.7 Å². The van der Waals surface area contributed by atoms with Crippen LogP contribution in [0, 0.1) is 6.92 Å². The predicted octanol–water partition coefficient (Wildman–Crippen LogP) is 5.56. The number of anilines is 1. The van der Waals surface area contributed by atoms with Crippen molar-refractivity contribution in [2.75, 3.05) is 5.32 Å². The summed E-state index contributed by atoms with van der Waals surface area (Å²) >= 11 is 6.13. The molecule has 0 aliphatic rings. The Morgan fingerprint density at radius 1 is 1.00 bits per heavy atom. The largest absolute Gasteiger partial charge is 0.381 e. The van der Waals surface area contributed by atoms with Crippen LogP contribution in [-0.2, 0) is 12.0 Å². The molecule has 0 bridgehead atoms. The summed E-state index contributed by atoms with van der Waals surface area (Å²) in [7, 11) is 0. The molecule has 0 spiro atoms. The summed E-state index contributed by atoms with van der Waals surface area (Å²) in [4.78, 5) is 0. The number of nitrogens with one attached hydrogen (secondary N) is 1. The zero-order chi connectivity index (χ0) is 14.8.